The van der Waals surface area contributed by atoms with Gasteiger partial charge in [-0.15, -0.1) is 0 Å². The number of hydrogen-bond donors (Lipinski definition) is 1. The summed E-state index contributed by atoms with van der Waals surface area (Å²) in [6, 6.07) is 6.57. The van der Waals surface area contributed by atoms with Crippen LogP contribution in [0.1, 0.15) is 24.4 Å². The highest BCUT2D eigenvalue weighted by Gasteiger charge is 2.33. The molecular weight excluding hydrogens is 283 g/mol. The van der Waals surface area contributed by atoms with Crippen LogP contribution in [0, 0.1) is 0 Å². The summed E-state index contributed by atoms with van der Waals surface area (Å²) >= 11 is 12.1. The van der Waals surface area contributed by atoms with Crippen LogP contribution < -0.4 is 5.73 Å². The molecule has 2 rings (SSSR count). The fourth-order valence-corrected chi connectivity index (χ4v) is 2.68. The summed E-state index contributed by atoms with van der Waals surface area (Å²) in [5, 5.41) is 1.16. The number of benzene rings is 1. The van der Waals surface area contributed by atoms with Crippen molar-refractivity contribution >= 4 is 23.2 Å². The second-order valence-electron chi connectivity index (χ2n) is 4.89. The van der Waals surface area contributed by atoms with Gasteiger partial charge in [-0.25, -0.2) is 0 Å². The molecule has 1 atom stereocenters. The van der Waals surface area contributed by atoms with E-state index < -0.39 is 0 Å². The predicted octanol–water partition coefficient (Wildman–Crippen LogP) is 3.10. The van der Waals surface area contributed by atoms with E-state index in [0.717, 1.165) is 12.1 Å². The minimum atomic E-state index is 0.178. The number of hydrogen-bond acceptors (Lipinski definition) is 3. The Kier molecular flexibility index (Phi) is 5.48. The Morgan fingerprint density at radius 2 is 2.11 bits per heavy atom. The lowest BCUT2D eigenvalue weighted by atomic mass is 10.0. The molecule has 0 amide bonds. The molecule has 3 nitrogen and oxygen atoms in total. The van der Waals surface area contributed by atoms with Gasteiger partial charge in [0.1, 0.15) is 0 Å². The Balaban J connectivity index is 2.17. The van der Waals surface area contributed by atoms with Crippen LogP contribution in [0.25, 0.3) is 0 Å². The zero-order valence-electron chi connectivity index (χ0n) is 11.1. The average molecular weight is 303 g/mol. The summed E-state index contributed by atoms with van der Waals surface area (Å²) in [6.45, 7) is 2.18. The maximum Gasteiger partial charge on any atom is 0.0595 e. The SMILES string of the molecule is COCCN(C1CC1)C(CN)c1ccc(Cl)c(Cl)c1. The molecule has 0 aliphatic heterocycles. The normalized spacial score (nSPS) is 16.9. The van der Waals surface area contributed by atoms with Crippen molar-refractivity contribution in [1.29, 1.82) is 0 Å². The third kappa shape index (κ3) is 3.83. The average Bonchev–Trinajstić information content (AvgIpc) is 3.22. The smallest absolute Gasteiger partial charge is 0.0595 e. The van der Waals surface area contributed by atoms with Crippen molar-refractivity contribution in [2.45, 2.75) is 24.9 Å². The molecule has 0 spiro atoms. The minimum absolute atomic E-state index is 0.178. The van der Waals surface area contributed by atoms with Crippen molar-refractivity contribution in [1.82, 2.24) is 4.90 Å². The summed E-state index contributed by atoms with van der Waals surface area (Å²) in [7, 11) is 1.72. The van der Waals surface area contributed by atoms with Gasteiger partial charge in [-0.1, -0.05) is 29.3 Å². The van der Waals surface area contributed by atoms with E-state index in [1.54, 1.807) is 7.11 Å². The number of nitrogens with zero attached hydrogens (tertiary/aromatic N) is 1. The van der Waals surface area contributed by atoms with Crippen molar-refractivity contribution < 1.29 is 4.74 Å². The topological polar surface area (TPSA) is 38.5 Å². The van der Waals surface area contributed by atoms with Gasteiger partial charge >= 0.3 is 0 Å². The van der Waals surface area contributed by atoms with Crippen molar-refractivity contribution in [3.8, 4) is 0 Å². The summed E-state index contributed by atoms with van der Waals surface area (Å²) in [5.41, 5.74) is 7.10. The molecule has 0 heterocycles. The van der Waals surface area contributed by atoms with Gasteiger partial charge in [0.15, 0.2) is 0 Å². The van der Waals surface area contributed by atoms with E-state index in [-0.39, 0.29) is 6.04 Å². The maximum atomic E-state index is 6.10. The first-order chi connectivity index (χ1) is 9.17. The Bertz CT molecular complexity index is 424. The second-order valence-corrected chi connectivity index (χ2v) is 5.70. The molecule has 0 radical (unpaired) electrons. The molecular formula is C14H20Cl2N2O. The van der Waals surface area contributed by atoms with Crippen molar-refractivity contribution in [3.05, 3.63) is 33.8 Å². The van der Waals surface area contributed by atoms with Crippen molar-refractivity contribution in [2.75, 3.05) is 26.8 Å². The van der Waals surface area contributed by atoms with Gasteiger partial charge in [0.05, 0.1) is 16.7 Å². The quantitative estimate of drug-likeness (QED) is 0.841. The fraction of sp³-hybridized carbons (Fsp3) is 0.571. The van der Waals surface area contributed by atoms with Gasteiger partial charge in [-0.05, 0) is 30.5 Å². The summed E-state index contributed by atoms with van der Waals surface area (Å²) in [6.07, 6.45) is 2.48. The van der Waals surface area contributed by atoms with Crippen molar-refractivity contribution in [3.63, 3.8) is 0 Å². The van der Waals surface area contributed by atoms with E-state index in [0.29, 0.717) is 29.2 Å². The zero-order chi connectivity index (χ0) is 13.8. The predicted molar refractivity (Wildman–Crippen MR) is 79.9 cm³/mol. The lowest BCUT2D eigenvalue weighted by Gasteiger charge is -2.31. The van der Waals surface area contributed by atoms with Crippen LogP contribution in [-0.2, 0) is 4.74 Å². The fourth-order valence-electron chi connectivity index (χ4n) is 2.38. The molecule has 1 aliphatic rings. The molecule has 1 aromatic carbocycles. The minimum Gasteiger partial charge on any atom is -0.383 e. The Hall–Kier alpha value is -0.320. The molecule has 1 aromatic rings. The van der Waals surface area contributed by atoms with E-state index in [1.807, 2.05) is 18.2 Å². The molecule has 1 unspecified atom stereocenters. The molecule has 1 aliphatic carbocycles. The van der Waals surface area contributed by atoms with E-state index in [4.69, 9.17) is 33.7 Å². The third-order valence-corrected chi connectivity index (χ3v) is 4.26. The Labute approximate surface area is 124 Å². The van der Waals surface area contributed by atoms with E-state index >= 15 is 0 Å². The number of ether oxygens (including phenoxy) is 1. The number of rotatable bonds is 7. The van der Waals surface area contributed by atoms with Crippen LogP contribution in [0.4, 0.5) is 0 Å². The maximum absolute atomic E-state index is 6.10. The van der Waals surface area contributed by atoms with E-state index in [1.165, 1.54) is 12.8 Å². The van der Waals surface area contributed by atoms with Gasteiger partial charge in [-0.3, -0.25) is 4.90 Å². The van der Waals surface area contributed by atoms with Gasteiger partial charge in [0, 0.05) is 32.3 Å². The summed E-state index contributed by atoms with van der Waals surface area (Å²) in [5.74, 6) is 0. The highest BCUT2D eigenvalue weighted by molar-refractivity contribution is 6.42. The van der Waals surface area contributed by atoms with Crippen LogP contribution in [-0.4, -0.2) is 37.7 Å². The molecule has 0 aromatic heterocycles. The van der Waals surface area contributed by atoms with Crippen LogP contribution in [0.3, 0.4) is 0 Å². The Morgan fingerprint density at radius 3 is 2.63 bits per heavy atom. The van der Waals surface area contributed by atoms with Gasteiger partial charge in [0.2, 0.25) is 0 Å². The van der Waals surface area contributed by atoms with Gasteiger partial charge in [-0.2, -0.15) is 0 Å². The van der Waals surface area contributed by atoms with Crippen LogP contribution in [0.5, 0.6) is 0 Å². The summed E-state index contributed by atoms with van der Waals surface area (Å²) < 4.78 is 5.19. The van der Waals surface area contributed by atoms with Crippen LogP contribution in [0.15, 0.2) is 18.2 Å². The standard InChI is InChI=1S/C14H20Cl2N2O/c1-19-7-6-18(11-3-4-11)14(9-17)10-2-5-12(15)13(16)8-10/h2,5,8,11,14H,3-4,6-7,9,17H2,1H3. The van der Waals surface area contributed by atoms with E-state index in [2.05, 4.69) is 4.90 Å². The monoisotopic (exact) mass is 302 g/mol. The van der Waals surface area contributed by atoms with Gasteiger partial charge < -0.3 is 10.5 Å². The lowest BCUT2D eigenvalue weighted by molar-refractivity contribution is 0.115. The van der Waals surface area contributed by atoms with Crippen LogP contribution >= 0.6 is 23.2 Å². The molecule has 106 valence electrons. The summed E-state index contributed by atoms with van der Waals surface area (Å²) in [4.78, 5) is 2.42. The molecule has 19 heavy (non-hydrogen) atoms. The first kappa shape index (κ1) is 15.1. The Morgan fingerprint density at radius 1 is 1.37 bits per heavy atom. The largest absolute Gasteiger partial charge is 0.383 e. The zero-order valence-corrected chi connectivity index (χ0v) is 12.6. The van der Waals surface area contributed by atoms with Crippen LogP contribution in [0.2, 0.25) is 10.0 Å². The van der Waals surface area contributed by atoms with Crippen molar-refractivity contribution in [2.24, 2.45) is 5.73 Å². The highest BCUT2D eigenvalue weighted by atomic mass is 35.5. The first-order valence-electron chi connectivity index (χ1n) is 6.57. The second kappa shape index (κ2) is 6.91. The van der Waals surface area contributed by atoms with Gasteiger partial charge in [0.25, 0.3) is 0 Å². The number of halogens is 2. The highest BCUT2D eigenvalue weighted by Crippen LogP contribution is 2.35. The first-order valence-corrected chi connectivity index (χ1v) is 7.32. The molecule has 1 fully saturated rings. The molecule has 0 saturated heterocycles. The molecule has 2 N–H and O–H groups in total. The van der Waals surface area contributed by atoms with E-state index in [9.17, 15) is 0 Å². The lowest BCUT2D eigenvalue weighted by Crippen LogP contribution is -2.37. The number of methoxy groups -OCH3 is 1. The molecule has 1 saturated carbocycles. The third-order valence-electron chi connectivity index (χ3n) is 3.52. The number of nitrogens with two attached hydrogens (primary N) is 1. The molecule has 5 heteroatoms. The molecule has 0 bridgehead atoms.